The Hall–Kier alpha value is -1.67. The van der Waals surface area contributed by atoms with E-state index in [1.165, 1.54) is 218 Å². The van der Waals surface area contributed by atoms with Crippen molar-refractivity contribution < 1.29 is 38.4 Å². The maximum absolute atomic E-state index is 13.3. The van der Waals surface area contributed by atoms with E-state index in [1.807, 2.05) is 13.8 Å². The predicted molar refractivity (Wildman–Crippen MR) is 291 cm³/mol. The normalized spacial score (nSPS) is 12.9. The smallest absolute Gasteiger partial charge is 0.369 e. The number of carbonyl (C=O) groups excluding carboxylic acids is 3. The van der Waals surface area contributed by atoms with E-state index in [1.54, 1.807) is 0 Å². The number of carbonyl (C=O) groups is 3. The van der Waals surface area contributed by atoms with Gasteiger partial charge in [-0.15, -0.1) is 0 Å². The maximum Gasteiger partial charge on any atom is 0.369 e. The number of unbranched alkanes of at least 4 members (excludes halogenated alkanes) is 42. The Balaban J connectivity index is 4.94. The molecule has 0 aromatic rings. The monoisotopic (exact) mass is 979 g/mol. The van der Waals surface area contributed by atoms with Crippen LogP contribution in [0.15, 0.2) is 0 Å². The summed E-state index contributed by atoms with van der Waals surface area (Å²) in [4.78, 5) is 39.5. The number of hydrogen-bond donors (Lipinski definition) is 1. The van der Waals surface area contributed by atoms with Gasteiger partial charge in [-0.1, -0.05) is 304 Å². The zero-order valence-corrected chi connectivity index (χ0v) is 46.8. The molecule has 0 aliphatic carbocycles. The first-order valence-corrected chi connectivity index (χ1v) is 30.6. The highest BCUT2D eigenvalue weighted by Gasteiger charge is 2.46. The lowest BCUT2D eigenvalue weighted by Gasteiger charge is -2.34. The van der Waals surface area contributed by atoms with Gasteiger partial charge >= 0.3 is 23.9 Å². The first-order valence-electron chi connectivity index (χ1n) is 30.6. The van der Waals surface area contributed by atoms with Crippen molar-refractivity contribution in [3.05, 3.63) is 0 Å². The van der Waals surface area contributed by atoms with Crippen LogP contribution in [-0.4, -0.2) is 48.3 Å². The SMILES string of the molecule is CCCCCCCCCCCCCCCCCC(=O)OCC(OC(=O)CCCCCCCCCCCCCCCCC)C(O)(OCC(C)C)OC(=O)CCCCCCCCCCCCCCCCC. The number of rotatable bonds is 56. The Morgan fingerprint density at radius 3 is 0.870 bits per heavy atom. The fourth-order valence-electron chi connectivity index (χ4n) is 9.28. The summed E-state index contributed by atoms with van der Waals surface area (Å²) < 4.78 is 22.9. The molecule has 0 saturated heterocycles. The van der Waals surface area contributed by atoms with Crippen molar-refractivity contribution in [1.29, 1.82) is 0 Å². The largest absolute Gasteiger partial charge is 0.461 e. The first-order chi connectivity index (χ1) is 33.7. The lowest BCUT2D eigenvalue weighted by molar-refractivity contribution is -0.383. The topological polar surface area (TPSA) is 108 Å². The van der Waals surface area contributed by atoms with Gasteiger partial charge in [0, 0.05) is 19.3 Å². The van der Waals surface area contributed by atoms with Crippen LogP contribution in [0.1, 0.15) is 343 Å². The third-order valence-corrected chi connectivity index (χ3v) is 13.9. The van der Waals surface area contributed by atoms with E-state index in [-0.39, 0.29) is 31.8 Å². The number of aliphatic hydroxyl groups is 1. The predicted octanol–water partition coefficient (Wildman–Crippen LogP) is 19.1. The van der Waals surface area contributed by atoms with Gasteiger partial charge in [0.1, 0.15) is 6.61 Å². The summed E-state index contributed by atoms with van der Waals surface area (Å²) in [6, 6.07) is 0. The molecule has 410 valence electrons. The van der Waals surface area contributed by atoms with Gasteiger partial charge in [0.2, 0.25) is 6.10 Å². The fourth-order valence-corrected chi connectivity index (χ4v) is 9.28. The second kappa shape index (κ2) is 52.6. The van der Waals surface area contributed by atoms with Gasteiger partial charge in [-0.3, -0.25) is 14.4 Å². The van der Waals surface area contributed by atoms with Crippen molar-refractivity contribution in [2.75, 3.05) is 13.2 Å². The Labute approximate surface area is 428 Å². The molecule has 0 aliphatic rings. The van der Waals surface area contributed by atoms with E-state index in [4.69, 9.17) is 18.9 Å². The molecule has 0 aliphatic heterocycles. The van der Waals surface area contributed by atoms with Gasteiger partial charge in [-0.05, 0) is 25.2 Å². The molecule has 0 rings (SSSR count). The lowest BCUT2D eigenvalue weighted by Crippen LogP contribution is -2.53. The van der Waals surface area contributed by atoms with E-state index < -0.39 is 36.6 Å². The van der Waals surface area contributed by atoms with Crippen LogP contribution in [-0.2, 0) is 33.3 Å². The Morgan fingerprint density at radius 2 is 0.594 bits per heavy atom. The molecule has 0 radical (unpaired) electrons. The number of hydrogen-bond acceptors (Lipinski definition) is 8. The van der Waals surface area contributed by atoms with Crippen molar-refractivity contribution in [2.24, 2.45) is 5.92 Å². The summed E-state index contributed by atoms with van der Waals surface area (Å²) in [5, 5.41) is 11.9. The van der Waals surface area contributed by atoms with Gasteiger partial charge < -0.3 is 24.1 Å². The van der Waals surface area contributed by atoms with Crippen LogP contribution < -0.4 is 0 Å². The summed E-state index contributed by atoms with van der Waals surface area (Å²) in [5.74, 6) is -4.16. The number of ether oxygens (including phenoxy) is 4. The number of esters is 3. The summed E-state index contributed by atoms with van der Waals surface area (Å²) in [6.45, 7) is 10.3. The van der Waals surface area contributed by atoms with Crippen LogP contribution in [0.3, 0.4) is 0 Å². The summed E-state index contributed by atoms with van der Waals surface area (Å²) in [5.41, 5.74) is 0. The van der Waals surface area contributed by atoms with Crippen molar-refractivity contribution in [3.63, 3.8) is 0 Å². The molecule has 8 heteroatoms. The fraction of sp³-hybridized carbons (Fsp3) is 0.951. The standard InChI is InChI=1S/C61H118O8/c1-6-9-12-15-18-21-24-27-30-33-36-39-42-45-48-51-58(62)66-55-57(68-59(63)52-49-46-43-40-37-34-31-28-25-22-19-16-13-10-7-2)61(65,67-54-56(4)5)69-60(64)53-50-47-44-41-38-35-32-29-26-23-20-17-14-11-8-3/h56-57,65H,6-55H2,1-5H3. The van der Waals surface area contributed by atoms with Crippen LogP contribution >= 0.6 is 0 Å². The molecule has 0 aromatic carbocycles. The molecule has 1 N–H and O–H groups in total. The molecule has 0 fully saturated rings. The minimum atomic E-state index is -2.57. The van der Waals surface area contributed by atoms with Crippen LogP contribution in [0, 0.1) is 5.92 Å². The summed E-state index contributed by atoms with van der Waals surface area (Å²) in [7, 11) is 0. The second-order valence-corrected chi connectivity index (χ2v) is 21.6. The van der Waals surface area contributed by atoms with Gasteiger partial charge in [0.15, 0.2) is 0 Å². The third kappa shape index (κ3) is 48.4. The second-order valence-electron chi connectivity index (χ2n) is 21.6. The molecule has 0 amide bonds. The third-order valence-electron chi connectivity index (χ3n) is 13.9. The Morgan fingerprint density at radius 1 is 0.348 bits per heavy atom. The van der Waals surface area contributed by atoms with Gasteiger partial charge in [0.05, 0.1) is 6.61 Å². The van der Waals surface area contributed by atoms with Gasteiger partial charge in [-0.2, -0.15) is 0 Å². The van der Waals surface area contributed by atoms with Gasteiger partial charge in [-0.25, -0.2) is 0 Å². The Kier molecular flexibility index (Phi) is 51.4. The maximum atomic E-state index is 13.3. The molecule has 2 unspecified atom stereocenters. The van der Waals surface area contributed by atoms with Crippen molar-refractivity contribution in [2.45, 2.75) is 355 Å². The molecule has 8 nitrogen and oxygen atoms in total. The van der Waals surface area contributed by atoms with Crippen molar-refractivity contribution in [1.82, 2.24) is 0 Å². The summed E-state index contributed by atoms with van der Waals surface area (Å²) in [6.07, 6.45) is 54.5. The van der Waals surface area contributed by atoms with Crippen molar-refractivity contribution in [3.8, 4) is 0 Å². The van der Waals surface area contributed by atoms with E-state index in [0.717, 1.165) is 51.4 Å². The molecule has 0 aromatic heterocycles. The van der Waals surface area contributed by atoms with E-state index in [2.05, 4.69) is 20.8 Å². The minimum absolute atomic E-state index is 0.00453. The van der Waals surface area contributed by atoms with Crippen LogP contribution in [0.5, 0.6) is 0 Å². The molecule has 0 spiro atoms. The van der Waals surface area contributed by atoms with Crippen LogP contribution in [0.2, 0.25) is 0 Å². The van der Waals surface area contributed by atoms with E-state index in [9.17, 15) is 19.5 Å². The van der Waals surface area contributed by atoms with Gasteiger partial charge in [0.25, 0.3) is 0 Å². The molecule has 69 heavy (non-hydrogen) atoms. The first kappa shape index (κ1) is 67.3. The molecule has 0 heterocycles. The summed E-state index contributed by atoms with van der Waals surface area (Å²) >= 11 is 0. The molecular formula is C61H118O8. The lowest BCUT2D eigenvalue weighted by atomic mass is 10.0. The van der Waals surface area contributed by atoms with Crippen LogP contribution in [0.25, 0.3) is 0 Å². The molecule has 2 atom stereocenters. The minimum Gasteiger partial charge on any atom is -0.461 e. The zero-order valence-electron chi connectivity index (χ0n) is 46.8. The van der Waals surface area contributed by atoms with E-state index >= 15 is 0 Å². The molecular weight excluding hydrogens is 861 g/mol. The highest BCUT2D eigenvalue weighted by molar-refractivity contribution is 5.71. The molecule has 0 bridgehead atoms. The van der Waals surface area contributed by atoms with E-state index in [0.29, 0.717) is 19.3 Å². The van der Waals surface area contributed by atoms with Crippen LogP contribution in [0.4, 0.5) is 0 Å². The highest BCUT2D eigenvalue weighted by Crippen LogP contribution is 2.24. The highest BCUT2D eigenvalue weighted by atomic mass is 16.8. The quantitative estimate of drug-likeness (QED) is 0.0278. The molecule has 0 saturated carbocycles. The zero-order chi connectivity index (χ0) is 50.6. The average molecular weight is 980 g/mol. The van der Waals surface area contributed by atoms with Crippen molar-refractivity contribution >= 4 is 17.9 Å². The Bertz CT molecular complexity index is 1100. The average Bonchev–Trinajstić information content (AvgIpc) is 3.33.